The van der Waals surface area contributed by atoms with Gasteiger partial charge in [0.1, 0.15) is 17.2 Å². The molecule has 43 heavy (non-hydrogen) atoms. The maximum absolute atomic E-state index is 13.6. The Morgan fingerprint density at radius 3 is 2.37 bits per heavy atom. The van der Waals surface area contributed by atoms with Gasteiger partial charge in [-0.05, 0) is 81.5 Å². The first kappa shape index (κ1) is 30.9. The maximum Gasteiger partial charge on any atom is 0.304 e. The number of halogens is 1. The van der Waals surface area contributed by atoms with Crippen LogP contribution in [0, 0.1) is 13.8 Å². The quantitative estimate of drug-likeness (QED) is 0.189. The van der Waals surface area contributed by atoms with Crippen LogP contribution in [-0.4, -0.2) is 35.6 Å². The van der Waals surface area contributed by atoms with E-state index in [-0.39, 0.29) is 12.6 Å². The third kappa shape index (κ3) is 6.38. The Kier molecular flexibility index (Phi) is 9.32. The highest BCUT2D eigenvalue weighted by atomic mass is 35.5. The number of anilines is 1. The molecule has 4 aromatic rings. The van der Waals surface area contributed by atoms with Crippen molar-refractivity contribution in [2.75, 3.05) is 19.5 Å². The fourth-order valence-electron chi connectivity index (χ4n) is 6.32. The lowest BCUT2D eigenvalue weighted by atomic mass is 9.77. The molecular formula is C33H38ClN3O5S. The second-order valence-electron chi connectivity index (χ2n) is 11.2. The molecule has 2 heterocycles. The number of rotatable bonds is 9. The number of esters is 1. The molecule has 2 aromatic carbocycles. The van der Waals surface area contributed by atoms with E-state index >= 15 is 0 Å². The van der Waals surface area contributed by atoms with Gasteiger partial charge in [-0.3, -0.25) is 14.9 Å². The summed E-state index contributed by atoms with van der Waals surface area (Å²) in [5, 5.41) is 5.10. The number of aryl methyl sites for hydroxylation is 3. The van der Waals surface area contributed by atoms with E-state index in [1.165, 1.54) is 11.8 Å². The van der Waals surface area contributed by atoms with Gasteiger partial charge < -0.3 is 18.8 Å². The van der Waals surface area contributed by atoms with Crippen LogP contribution in [0.5, 0.6) is 11.5 Å². The Labute approximate surface area is 261 Å². The molecule has 0 bridgehead atoms. The molecule has 10 heteroatoms. The molecule has 0 radical (unpaired) electrons. The van der Waals surface area contributed by atoms with Crippen LogP contribution in [0.2, 0.25) is 5.02 Å². The van der Waals surface area contributed by atoms with E-state index < -0.39 is 5.97 Å². The van der Waals surface area contributed by atoms with Gasteiger partial charge in [0, 0.05) is 28.8 Å². The number of methoxy groups -OCH3 is 2. The standard InChI is InChI=1S/C33H38ClN3O5S/c1-7-26-31(22-10-8-21(9-11-22)24-15-29(41-6)25(34)16-28(24)40-5)43-33(35-26)36-32(39)27-14-23-13-18(2)12-19(3)30(23)37(27)17-42-20(4)38/h12-16,21-22H,7-11,17H2,1-6H3,(H,35,36,39). The van der Waals surface area contributed by atoms with Gasteiger partial charge in [0.05, 0.1) is 30.5 Å². The Bertz CT molecular complexity index is 1670. The lowest BCUT2D eigenvalue weighted by molar-refractivity contribution is -0.144. The minimum absolute atomic E-state index is 0.0393. The number of hydrogen-bond acceptors (Lipinski definition) is 7. The first-order chi connectivity index (χ1) is 20.6. The first-order valence-corrected chi connectivity index (χ1v) is 15.8. The number of ether oxygens (including phenoxy) is 3. The minimum Gasteiger partial charge on any atom is -0.496 e. The maximum atomic E-state index is 13.6. The second kappa shape index (κ2) is 13.0. The SMILES string of the molecule is CCc1nc(NC(=O)c2cc3cc(C)cc(C)c3n2COC(C)=O)sc1C1CCC(c2cc(OC)c(Cl)cc2OC)CC1. The van der Waals surface area contributed by atoms with Crippen LogP contribution in [0.25, 0.3) is 10.9 Å². The van der Waals surface area contributed by atoms with Gasteiger partial charge >= 0.3 is 5.97 Å². The molecule has 1 aliphatic rings. The van der Waals surface area contributed by atoms with Crippen molar-refractivity contribution >= 4 is 50.8 Å². The van der Waals surface area contributed by atoms with E-state index in [9.17, 15) is 9.59 Å². The van der Waals surface area contributed by atoms with Crippen molar-refractivity contribution in [3.8, 4) is 11.5 Å². The summed E-state index contributed by atoms with van der Waals surface area (Å²) in [4.78, 5) is 31.3. The van der Waals surface area contributed by atoms with Crippen molar-refractivity contribution in [1.29, 1.82) is 0 Å². The van der Waals surface area contributed by atoms with E-state index in [1.807, 2.05) is 38.1 Å². The van der Waals surface area contributed by atoms with Gasteiger partial charge in [-0.15, -0.1) is 11.3 Å². The average molecular weight is 624 g/mol. The first-order valence-electron chi connectivity index (χ1n) is 14.6. The van der Waals surface area contributed by atoms with Gasteiger partial charge in [0.25, 0.3) is 5.91 Å². The molecule has 0 unspecified atom stereocenters. The lowest BCUT2D eigenvalue weighted by Gasteiger charge is -2.29. The smallest absolute Gasteiger partial charge is 0.304 e. The normalized spacial score (nSPS) is 16.7. The van der Waals surface area contributed by atoms with Crippen LogP contribution in [0.1, 0.15) is 89.1 Å². The predicted octanol–water partition coefficient (Wildman–Crippen LogP) is 8.16. The highest BCUT2D eigenvalue weighted by Crippen LogP contribution is 2.47. The van der Waals surface area contributed by atoms with Crippen molar-refractivity contribution in [2.24, 2.45) is 0 Å². The highest BCUT2D eigenvalue weighted by molar-refractivity contribution is 7.16. The number of fused-ring (bicyclic) bond motifs is 1. The van der Waals surface area contributed by atoms with Gasteiger partial charge in [0.15, 0.2) is 11.9 Å². The molecule has 5 rings (SSSR count). The number of thiazole rings is 1. The van der Waals surface area contributed by atoms with Gasteiger partial charge in [-0.2, -0.15) is 0 Å². The third-order valence-corrected chi connectivity index (χ3v) is 9.75. The van der Waals surface area contributed by atoms with Crippen LogP contribution in [0.15, 0.2) is 30.3 Å². The minimum atomic E-state index is -0.404. The van der Waals surface area contributed by atoms with Crippen LogP contribution in [0.4, 0.5) is 5.13 Å². The highest BCUT2D eigenvalue weighted by Gasteiger charge is 2.30. The fourth-order valence-corrected chi connectivity index (χ4v) is 7.76. The Balaban J connectivity index is 1.35. The monoisotopic (exact) mass is 623 g/mol. The number of amides is 1. The van der Waals surface area contributed by atoms with Crippen LogP contribution in [-0.2, 0) is 22.7 Å². The molecule has 228 valence electrons. The van der Waals surface area contributed by atoms with Crippen molar-refractivity contribution in [3.05, 3.63) is 68.3 Å². The number of nitrogens with one attached hydrogen (secondary N) is 1. The Morgan fingerprint density at radius 1 is 1.02 bits per heavy atom. The van der Waals surface area contributed by atoms with E-state index in [1.54, 1.807) is 30.1 Å². The average Bonchev–Trinajstić information content (AvgIpc) is 3.57. The van der Waals surface area contributed by atoms with Gasteiger partial charge in [0.2, 0.25) is 0 Å². The number of carbonyl (C=O) groups excluding carboxylic acids is 2. The molecule has 1 saturated carbocycles. The molecule has 1 N–H and O–H groups in total. The fraction of sp³-hybridized carbons (Fsp3) is 0.424. The van der Waals surface area contributed by atoms with Gasteiger partial charge in [-0.1, -0.05) is 30.2 Å². The van der Waals surface area contributed by atoms with Crippen LogP contribution in [0.3, 0.4) is 0 Å². The number of benzene rings is 2. The molecule has 0 atom stereocenters. The lowest BCUT2D eigenvalue weighted by Crippen LogP contribution is -2.19. The molecular weight excluding hydrogens is 586 g/mol. The summed E-state index contributed by atoms with van der Waals surface area (Å²) in [6.45, 7) is 7.44. The topological polar surface area (TPSA) is 91.7 Å². The summed E-state index contributed by atoms with van der Waals surface area (Å²) in [5.74, 6) is 1.49. The summed E-state index contributed by atoms with van der Waals surface area (Å²) >= 11 is 7.91. The zero-order valence-electron chi connectivity index (χ0n) is 25.5. The summed E-state index contributed by atoms with van der Waals surface area (Å²) in [6.07, 6.45) is 4.81. The predicted molar refractivity (Wildman–Crippen MR) is 171 cm³/mol. The zero-order valence-corrected chi connectivity index (χ0v) is 27.1. The molecule has 1 fully saturated rings. The van der Waals surface area contributed by atoms with Crippen LogP contribution < -0.4 is 14.8 Å². The van der Waals surface area contributed by atoms with Crippen molar-refractivity contribution < 1.29 is 23.8 Å². The van der Waals surface area contributed by atoms with E-state index in [4.69, 9.17) is 30.8 Å². The summed E-state index contributed by atoms with van der Waals surface area (Å²) in [6, 6.07) is 9.79. The molecule has 0 saturated heterocycles. The number of aromatic nitrogens is 2. The number of nitrogens with zero attached hydrogens (tertiary/aromatic N) is 2. The molecule has 8 nitrogen and oxygen atoms in total. The van der Waals surface area contributed by atoms with E-state index in [0.29, 0.717) is 33.4 Å². The second-order valence-corrected chi connectivity index (χ2v) is 12.6. The molecule has 0 spiro atoms. The van der Waals surface area contributed by atoms with E-state index in [0.717, 1.165) is 71.1 Å². The largest absolute Gasteiger partial charge is 0.496 e. The molecule has 1 amide bonds. The van der Waals surface area contributed by atoms with E-state index in [2.05, 4.69) is 18.3 Å². The summed E-state index contributed by atoms with van der Waals surface area (Å²) < 4.78 is 18.2. The summed E-state index contributed by atoms with van der Waals surface area (Å²) in [7, 11) is 3.30. The Hall–Kier alpha value is -3.56. The number of hydrogen-bond donors (Lipinski definition) is 1. The third-order valence-electron chi connectivity index (χ3n) is 8.28. The van der Waals surface area contributed by atoms with Crippen LogP contribution >= 0.6 is 22.9 Å². The van der Waals surface area contributed by atoms with Gasteiger partial charge in [-0.25, -0.2) is 4.98 Å². The Morgan fingerprint density at radius 2 is 1.72 bits per heavy atom. The molecule has 0 aliphatic heterocycles. The van der Waals surface area contributed by atoms with Crippen molar-refractivity contribution in [1.82, 2.24) is 9.55 Å². The number of carbonyl (C=O) groups is 2. The molecule has 1 aliphatic carbocycles. The zero-order chi connectivity index (χ0) is 30.8. The molecule has 2 aromatic heterocycles. The van der Waals surface area contributed by atoms with Crippen molar-refractivity contribution in [3.63, 3.8) is 0 Å². The summed E-state index contributed by atoms with van der Waals surface area (Å²) in [5.41, 5.74) is 5.56. The van der Waals surface area contributed by atoms with Crippen molar-refractivity contribution in [2.45, 2.75) is 78.4 Å².